The van der Waals surface area contributed by atoms with E-state index < -0.39 is 11.7 Å². The summed E-state index contributed by atoms with van der Waals surface area (Å²) < 4.78 is 42.6. The van der Waals surface area contributed by atoms with Crippen LogP contribution in [0.1, 0.15) is 42.7 Å². The Morgan fingerprint density at radius 3 is 2.70 bits per heavy atom. The highest BCUT2D eigenvalue weighted by atomic mass is 32.2. The molecule has 0 amide bonds. The van der Waals surface area contributed by atoms with Gasteiger partial charge in [-0.05, 0) is 80.4 Å². The van der Waals surface area contributed by atoms with E-state index in [1.54, 1.807) is 30.2 Å². The zero-order valence-electron chi connectivity index (χ0n) is 20.5. The molecular weight excluding hydrogens is 499 g/mol. The predicted molar refractivity (Wildman–Crippen MR) is 135 cm³/mol. The number of thioether (sulfide) groups is 1. The lowest BCUT2D eigenvalue weighted by Crippen LogP contribution is -2.31. The minimum Gasteiger partial charge on any atom is -0.305 e. The van der Waals surface area contributed by atoms with Crippen molar-refractivity contribution in [3.8, 4) is 11.4 Å². The zero-order valence-corrected chi connectivity index (χ0v) is 21.3. The molecule has 2 aliphatic rings. The van der Waals surface area contributed by atoms with Gasteiger partial charge in [-0.15, -0.1) is 20.4 Å². The van der Waals surface area contributed by atoms with E-state index in [1.807, 2.05) is 34.3 Å². The summed E-state index contributed by atoms with van der Waals surface area (Å²) in [4.78, 5) is 2.59. The van der Waals surface area contributed by atoms with E-state index in [-0.39, 0.29) is 0 Å². The van der Waals surface area contributed by atoms with Gasteiger partial charge in [0.15, 0.2) is 16.6 Å². The summed E-state index contributed by atoms with van der Waals surface area (Å²) in [6.07, 6.45) is 3.62. The maximum atomic E-state index is 12.9. The number of benzene rings is 1. The summed E-state index contributed by atoms with van der Waals surface area (Å²) in [5.41, 5.74) is 2.12. The molecule has 6 rings (SSSR count). The topological polar surface area (TPSA) is 64.1 Å². The third-order valence-corrected chi connectivity index (χ3v) is 8.95. The fraction of sp³-hybridized carbons (Fsp3) is 0.462. The highest BCUT2D eigenvalue weighted by molar-refractivity contribution is 7.99. The molecule has 0 N–H and O–H groups in total. The third-order valence-electron chi connectivity index (χ3n) is 7.84. The average molecular weight is 528 g/mol. The first kappa shape index (κ1) is 24.4. The summed E-state index contributed by atoms with van der Waals surface area (Å²) in [5, 5.41) is 17.9. The number of nitrogens with zero attached hydrogens (tertiary/aromatic N) is 7. The van der Waals surface area contributed by atoms with Crippen molar-refractivity contribution >= 4 is 17.4 Å². The second-order valence-electron chi connectivity index (χ2n) is 9.99. The standard InChI is InChI=1S/C26H28F3N7S/c1-34-23(21-4-2-10-36-16-30-31-24(21)36)32-33-25(34)37-13-3-11-35-12-9-18-14-19(15-22(18)35)17-5-7-20(8-6-17)26(27,28)29/h2,4-8,10,16,18-19,22H,3,9,11-15H2,1H3/t18-,19+,22?/m1/s1. The van der Waals surface area contributed by atoms with Gasteiger partial charge in [0, 0.05) is 25.0 Å². The maximum absolute atomic E-state index is 12.9. The third kappa shape index (κ3) is 4.74. The zero-order chi connectivity index (χ0) is 25.6. The van der Waals surface area contributed by atoms with Crippen LogP contribution in [0, 0.1) is 5.92 Å². The Morgan fingerprint density at radius 1 is 1.05 bits per heavy atom. The van der Waals surface area contributed by atoms with Crippen LogP contribution in [0.3, 0.4) is 0 Å². The predicted octanol–water partition coefficient (Wildman–Crippen LogP) is 5.29. The number of alkyl halides is 3. The van der Waals surface area contributed by atoms with Crippen molar-refractivity contribution < 1.29 is 13.2 Å². The summed E-state index contributed by atoms with van der Waals surface area (Å²) in [5.74, 6) is 2.70. The second-order valence-corrected chi connectivity index (χ2v) is 11.1. The van der Waals surface area contributed by atoms with Gasteiger partial charge in [0.05, 0.1) is 11.1 Å². The number of hydrogen-bond acceptors (Lipinski definition) is 6. The molecule has 4 heterocycles. The van der Waals surface area contributed by atoms with Crippen LogP contribution in [0.25, 0.3) is 17.0 Å². The SMILES string of the molecule is Cn1c(SCCCN2CC[C@@H]3C[C@H](c4ccc(C(F)(F)F)cc4)CC32)nnc1-c1cccn2cnnc12. The van der Waals surface area contributed by atoms with Crippen LogP contribution in [0.2, 0.25) is 0 Å². The maximum Gasteiger partial charge on any atom is 0.416 e. The minimum absolute atomic E-state index is 0.348. The van der Waals surface area contributed by atoms with Crippen LogP contribution in [-0.2, 0) is 13.2 Å². The lowest BCUT2D eigenvalue weighted by Gasteiger charge is -2.24. The van der Waals surface area contributed by atoms with Crippen molar-refractivity contribution in [3.63, 3.8) is 0 Å². The van der Waals surface area contributed by atoms with Gasteiger partial charge in [-0.3, -0.25) is 4.40 Å². The van der Waals surface area contributed by atoms with E-state index in [1.165, 1.54) is 18.6 Å². The smallest absolute Gasteiger partial charge is 0.305 e. The van der Waals surface area contributed by atoms with Crippen LogP contribution in [0.5, 0.6) is 0 Å². The van der Waals surface area contributed by atoms with Crippen molar-refractivity contribution in [3.05, 3.63) is 60.0 Å². The van der Waals surface area contributed by atoms with Gasteiger partial charge in [0.1, 0.15) is 6.33 Å². The first-order chi connectivity index (χ1) is 17.9. The van der Waals surface area contributed by atoms with E-state index in [4.69, 9.17) is 0 Å². The number of hydrogen-bond donors (Lipinski definition) is 0. The quantitative estimate of drug-likeness (QED) is 0.240. The molecule has 1 aliphatic heterocycles. The normalized spacial score (nSPS) is 22.2. The Bertz CT molecular complexity index is 1380. The molecular formula is C26H28F3N7S. The van der Waals surface area contributed by atoms with E-state index in [0.717, 1.165) is 65.9 Å². The Morgan fingerprint density at radius 2 is 1.89 bits per heavy atom. The van der Waals surface area contributed by atoms with Crippen molar-refractivity contribution in [1.29, 1.82) is 0 Å². The molecule has 3 aromatic heterocycles. The van der Waals surface area contributed by atoms with Crippen LogP contribution >= 0.6 is 11.8 Å². The Hall–Kier alpha value is -2.92. The highest BCUT2D eigenvalue weighted by Crippen LogP contribution is 2.46. The summed E-state index contributed by atoms with van der Waals surface area (Å²) in [7, 11) is 1.97. The summed E-state index contributed by atoms with van der Waals surface area (Å²) in [6, 6.07) is 10.3. The molecule has 3 atom stereocenters. The van der Waals surface area contributed by atoms with Gasteiger partial charge in [-0.1, -0.05) is 23.9 Å². The molecule has 194 valence electrons. The van der Waals surface area contributed by atoms with Crippen molar-refractivity contribution in [2.45, 2.75) is 49.0 Å². The van der Waals surface area contributed by atoms with Crippen LogP contribution in [-0.4, -0.2) is 59.1 Å². The number of pyridine rings is 1. The number of halogens is 3. The lowest BCUT2D eigenvalue weighted by atomic mass is 9.94. The highest BCUT2D eigenvalue weighted by Gasteiger charge is 2.42. The summed E-state index contributed by atoms with van der Waals surface area (Å²) in [6.45, 7) is 2.13. The van der Waals surface area contributed by atoms with E-state index in [2.05, 4.69) is 25.3 Å². The molecule has 4 aromatic rings. The van der Waals surface area contributed by atoms with Crippen LogP contribution in [0.15, 0.2) is 54.1 Å². The number of rotatable bonds is 7. The largest absolute Gasteiger partial charge is 0.416 e. The molecule has 1 aliphatic carbocycles. The Labute approximate surface area is 217 Å². The van der Waals surface area contributed by atoms with Crippen molar-refractivity contribution in [2.24, 2.45) is 13.0 Å². The molecule has 0 spiro atoms. The minimum atomic E-state index is -4.28. The second kappa shape index (κ2) is 9.75. The van der Waals surface area contributed by atoms with Gasteiger partial charge in [0.25, 0.3) is 0 Å². The molecule has 0 radical (unpaired) electrons. The van der Waals surface area contributed by atoms with Crippen molar-refractivity contribution in [1.82, 2.24) is 34.3 Å². The van der Waals surface area contributed by atoms with Crippen LogP contribution < -0.4 is 0 Å². The number of fused-ring (bicyclic) bond motifs is 2. The van der Waals surface area contributed by atoms with Gasteiger partial charge in [-0.2, -0.15) is 13.2 Å². The van der Waals surface area contributed by atoms with E-state index in [9.17, 15) is 13.2 Å². The fourth-order valence-electron chi connectivity index (χ4n) is 5.98. The van der Waals surface area contributed by atoms with E-state index in [0.29, 0.717) is 17.9 Å². The lowest BCUT2D eigenvalue weighted by molar-refractivity contribution is -0.137. The molecule has 0 bridgehead atoms. The van der Waals surface area contributed by atoms with Crippen molar-refractivity contribution in [2.75, 3.05) is 18.8 Å². The molecule has 2 fully saturated rings. The molecule has 1 saturated heterocycles. The van der Waals surface area contributed by atoms with Gasteiger partial charge in [-0.25, -0.2) is 0 Å². The molecule has 7 nitrogen and oxygen atoms in total. The monoisotopic (exact) mass is 527 g/mol. The Balaban J connectivity index is 1.02. The summed E-state index contributed by atoms with van der Waals surface area (Å²) >= 11 is 1.71. The van der Waals surface area contributed by atoms with Crippen LogP contribution in [0.4, 0.5) is 13.2 Å². The average Bonchev–Trinajstić information content (AvgIpc) is 3.66. The van der Waals surface area contributed by atoms with Gasteiger partial charge < -0.3 is 9.47 Å². The molecule has 1 unspecified atom stereocenters. The fourth-order valence-corrected chi connectivity index (χ4v) is 6.82. The number of likely N-dealkylation sites (tertiary alicyclic amines) is 1. The van der Waals surface area contributed by atoms with E-state index >= 15 is 0 Å². The molecule has 37 heavy (non-hydrogen) atoms. The molecule has 1 aromatic carbocycles. The Kier molecular flexibility index (Phi) is 6.44. The molecule has 1 saturated carbocycles. The first-order valence-electron chi connectivity index (χ1n) is 12.6. The van der Waals surface area contributed by atoms with Gasteiger partial charge >= 0.3 is 6.18 Å². The number of aromatic nitrogens is 6. The van der Waals surface area contributed by atoms with Gasteiger partial charge in [0.2, 0.25) is 0 Å². The first-order valence-corrected chi connectivity index (χ1v) is 13.6. The molecule has 11 heteroatoms.